The van der Waals surface area contributed by atoms with Gasteiger partial charge >= 0.3 is 12.1 Å². The van der Waals surface area contributed by atoms with Crippen LogP contribution in [-0.2, 0) is 24.0 Å². The summed E-state index contributed by atoms with van der Waals surface area (Å²) in [6, 6.07) is 12.5. The SMILES string of the molecule is CCCCOc1cc(C(F)(F)F)nc2ccc(COc3ccc(CC(=O)O)cc3)cc12. The number of halogens is 3. The predicted molar refractivity (Wildman–Crippen MR) is 109 cm³/mol. The second-order valence-electron chi connectivity index (χ2n) is 7.06. The number of aromatic nitrogens is 1. The first-order chi connectivity index (χ1) is 14.8. The smallest absolute Gasteiger partial charge is 0.433 e. The highest BCUT2D eigenvalue weighted by molar-refractivity contribution is 5.86. The maximum atomic E-state index is 13.2. The van der Waals surface area contributed by atoms with Gasteiger partial charge in [0.15, 0.2) is 0 Å². The molecular formula is C23H22F3NO4. The summed E-state index contributed by atoms with van der Waals surface area (Å²) in [6.07, 6.45) is -3.05. The zero-order chi connectivity index (χ0) is 22.4. The number of benzene rings is 2. The van der Waals surface area contributed by atoms with Crippen molar-refractivity contribution in [3.05, 3.63) is 65.4 Å². The maximum absolute atomic E-state index is 13.2. The van der Waals surface area contributed by atoms with Gasteiger partial charge in [0.25, 0.3) is 0 Å². The number of hydrogen-bond donors (Lipinski definition) is 1. The highest BCUT2D eigenvalue weighted by Crippen LogP contribution is 2.34. The van der Waals surface area contributed by atoms with Crippen molar-refractivity contribution < 1.29 is 32.5 Å². The van der Waals surface area contributed by atoms with Crippen LogP contribution >= 0.6 is 0 Å². The molecule has 0 saturated carbocycles. The molecule has 3 aromatic rings. The predicted octanol–water partition coefficient (Wildman–Crippen LogP) is 5.64. The van der Waals surface area contributed by atoms with E-state index in [0.29, 0.717) is 23.3 Å². The second kappa shape index (κ2) is 9.68. The lowest BCUT2D eigenvalue weighted by Gasteiger charge is -2.14. The van der Waals surface area contributed by atoms with Gasteiger partial charge in [-0.1, -0.05) is 31.5 Å². The van der Waals surface area contributed by atoms with Crippen molar-refractivity contribution in [3.63, 3.8) is 0 Å². The van der Waals surface area contributed by atoms with E-state index in [4.69, 9.17) is 14.6 Å². The molecule has 8 heteroatoms. The number of fused-ring (bicyclic) bond motifs is 1. The number of nitrogens with zero attached hydrogens (tertiary/aromatic N) is 1. The molecule has 1 heterocycles. The Labute approximate surface area is 177 Å². The fraction of sp³-hybridized carbons (Fsp3) is 0.304. The summed E-state index contributed by atoms with van der Waals surface area (Å²) < 4.78 is 51.0. The number of rotatable bonds is 9. The molecule has 31 heavy (non-hydrogen) atoms. The topological polar surface area (TPSA) is 68.7 Å². The van der Waals surface area contributed by atoms with Gasteiger partial charge in [0, 0.05) is 11.5 Å². The molecule has 1 aromatic heterocycles. The zero-order valence-electron chi connectivity index (χ0n) is 16.9. The van der Waals surface area contributed by atoms with Gasteiger partial charge in [-0.2, -0.15) is 13.2 Å². The third-order valence-corrected chi connectivity index (χ3v) is 4.57. The zero-order valence-corrected chi connectivity index (χ0v) is 16.9. The van der Waals surface area contributed by atoms with E-state index < -0.39 is 17.8 Å². The highest BCUT2D eigenvalue weighted by atomic mass is 19.4. The van der Waals surface area contributed by atoms with Crippen LogP contribution in [0.1, 0.15) is 36.6 Å². The summed E-state index contributed by atoms with van der Waals surface area (Å²) in [7, 11) is 0. The van der Waals surface area contributed by atoms with Crippen LogP contribution in [0.2, 0.25) is 0 Å². The van der Waals surface area contributed by atoms with Crippen LogP contribution < -0.4 is 9.47 Å². The molecule has 0 saturated heterocycles. The fourth-order valence-corrected chi connectivity index (χ4v) is 2.97. The van der Waals surface area contributed by atoms with Gasteiger partial charge in [-0.25, -0.2) is 4.98 Å². The Kier molecular flexibility index (Phi) is 6.99. The van der Waals surface area contributed by atoms with E-state index in [9.17, 15) is 18.0 Å². The van der Waals surface area contributed by atoms with Gasteiger partial charge in [-0.15, -0.1) is 0 Å². The minimum absolute atomic E-state index is 0.0708. The number of carboxylic acid groups (broad SMARTS) is 1. The first-order valence-corrected chi connectivity index (χ1v) is 9.83. The summed E-state index contributed by atoms with van der Waals surface area (Å²) in [5.41, 5.74) is 0.607. The van der Waals surface area contributed by atoms with Crippen molar-refractivity contribution in [3.8, 4) is 11.5 Å². The van der Waals surface area contributed by atoms with Crippen LogP contribution in [0.15, 0.2) is 48.5 Å². The van der Waals surface area contributed by atoms with E-state index in [-0.39, 0.29) is 24.3 Å². The average molecular weight is 433 g/mol. The molecule has 0 aliphatic heterocycles. The molecule has 5 nitrogen and oxygen atoms in total. The van der Waals surface area contributed by atoms with Crippen molar-refractivity contribution in [1.82, 2.24) is 4.98 Å². The number of alkyl halides is 3. The van der Waals surface area contributed by atoms with Gasteiger partial charge in [0.1, 0.15) is 23.8 Å². The Hall–Kier alpha value is -3.29. The molecule has 0 radical (unpaired) electrons. The van der Waals surface area contributed by atoms with Gasteiger partial charge < -0.3 is 14.6 Å². The van der Waals surface area contributed by atoms with Gasteiger partial charge in [-0.05, 0) is 41.8 Å². The van der Waals surface area contributed by atoms with Crippen molar-refractivity contribution in [2.75, 3.05) is 6.61 Å². The van der Waals surface area contributed by atoms with E-state index in [2.05, 4.69) is 4.98 Å². The third-order valence-electron chi connectivity index (χ3n) is 4.57. The van der Waals surface area contributed by atoms with E-state index in [1.165, 1.54) is 6.07 Å². The van der Waals surface area contributed by atoms with E-state index >= 15 is 0 Å². The van der Waals surface area contributed by atoms with Crippen molar-refractivity contribution >= 4 is 16.9 Å². The molecule has 0 atom stereocenters. The molecule has 2 aromatic carbocycles. The molecule has 0 bridgehead atoms. The lowest BCUT2D eigenvalue weighted by Crippen LogP contribution is -2.09. The Balaban J connectivity index is 1.81. The second-order valence-corrected chi connectivity index (χ2v) is 7.06. The summed E-state index contributed by atoms with van der Waals surface area (Å²) in [5, 5.41) is 9.31. The number of hydrogen-bond acceptors (Lipinski definition) is 4. The Morgan fingerprint density at radius 1 is 1.03 bits per heavy atom. The number of carbonyl (C=O) groups is 1. The van der Waals surface area contributed by atoms with Crippen molar-refractivity contribution in [1.29, 1.82) is 0 Å². The summed E-state index contributed by atoms with van der Waals surface area (Å²) in [4.78, 5) is 14.5. The third kappa shape index (κ3) is 6.10. The molecule has 0 spiro atoms. The maximum Gasteiger partial charge on any atom is 0.433 e. The molecule has 0 amide bonds. The molecule has 3 rings (SSSR count). The van der Waals surface area contributed by atoms with Crippen molar-refractivity contribution in [2.24, 2.45) is 0 Å². The summed E-state index contributed by atoms with van der Waals surface area (Å²) in [5.74, 6) is -0.214. The molecule has 0 unspecified atom stereocenters. The largest absolute Gasteiger partial charge is 0.493 e. The quantitative estimate of drug-likeness (QED) is 0.443. The number of pyridine rings is 1. The Bertz CT molecular complexity index is 1050. The average Bonchev–Trinajstić information content (AvgIpc) is 2.72. The first-order valence-electron chi connectivity index (χ1n) is 9.83. The first kappa shape index (κ1) is 22.4. The molecule has 164 valence electrons. The number of carboxylic acids is 1. The molecule has 1 N–H and O–H groups in total. The molecule has 0 aliphatic carbocycles. The normalized spacial score (nSPS) is 11.5. The van der Waals surface area contributed by atoms with Crippen LogP contribution in [0.4, 0.5) is 13.2 Å². The fourth-order valence-electron chi connectivity index (χ4n) is 2.97. The van der Waals surface area contributed by atoms with Crippen LogP contribution in [-0.4, -0.2) is 22.7 Å². The monoisotopic (exact) mass is 433 g/mol. The summed E-state index contributed by atoms with van der Waals surface area (Å²) >= 11 is 0. The number of aliphatic carboxylic acids is 1. The van der Waals surface area contributed by atoms with Gasteiger partial charge in [0.2, 0.25) is 0 Å². The molecule has 0 aliphatic rings. The van der Waals surface area contributed by atoms with Crippen LogP contribution in [0.5, 0.6) is 11.5 Å². The van der Waals surface area contributed by atoms with Gasteiger partial charge in [-0.3, -0.25) is 4.79 Å². The van der Waals surface area contributed by atoms with E-state index in [0.717, 1.165) is 24.5 Å². The van der Waals surface area contributed by atoms with E-state index in [1.807, 2.05) is 6.92 Å². The Morgan fingerprint density at radius 2 is 1.74 bits per heavy atom. The van der Waals surface area contributed by atoms with Gasteiger partial charge in [0.05, 0.1) is 18.5 Å². The minimum Gasteiger partial charge on any atom is -0.493 e. The minimum atomic E-state index is -4.56. The number of unbranched alkanes of at least 4 members (excludes halogenated alkanes) is 1. The highest BCUT2D eigenvalue weighted by Gasteiger charge is 2.33. The number of ether oxygens (including phenoxy) is 2. The summed E-state index contributed by atoms with van der Waals surface area (Å²) in [6.45, 7) is 2.47. The molecular weight excluding hydrogens is 411 g/mol. The van der Waals surface area contributed by atoms with E-state index in [1.54, 1.807) is 36.4 Å². The lowest BCUT2D eigenvalue weighted by atomic mass is 10.1. The molecule has 0 fully saturated rings. The van der Waals surface area contributed by atoms with Crippen LogP contribution in [0, 0.1) is 0 Å². The standard InChI is InChI=1S/C23H22F3NO4/c1-2-3-10-30-20-13-21(23(24,25)26)27-19-9-6-16(11-18(19)20)14-31-17-7-4-15(5-8-17)12-22(28)29/h4-9,11,13H,2-3,10,12,14H2,1H3,(H,28,29). The Morgan fingerprint density at radius 3 is 2.39 bits per heavy atom. The lowest BCUT2D eigenvalue weighted by molar-refractivity contribution is -0.141. The van der Waals surface area contributed by atoms with Crippen LogP contribution in [0.25, 0.3) is 10.9 Å². The van der Waals surface area contributed by atoms with Crippen molar-refractivity contribution in [2.45, 2.75) is 39.0 Å². The van der Waals surface area contributed by atoms with Crippen LogP contribution in [0.3, 0.4) is 0 Å².